The van der Waals surface area contributed by atoms with Crippen LogP contribution in [0, 0.1) is 11.4 Å². The molecule has 0 spiro atoms. The van der Waals surface area contributed by atoms with Crippen LogP contribution in [0.25, 0.3) is 0 Å². The summed E-state index contributed by atoms with van der Waals surface area (Å²) in [5, 5.41) is 17.5. The highest BCUT2D eigenvalue weighted by Crippen LogP contribution is 2.29. The van der Waals surface area contributed by atoms with E-state index in [0.717, 1.165) is 37.6 Å². The lowest BCUT2D eigenvalue weighted by atomic mass is 9.81. The van der Waals surface area contributed by atoms with Gasteiger partial charge >= 0.3 is 0 Å². The van der Waals surface area contributed by atoms with Crippen LogP contribution in [0.15, 0.2) is 54.5 Å². The van der Waals surface area contributed by atoms with Crippen molar-refractivity contribution >= 4 is 23.2 Å². The minimum Gasteiger partial charge on any atom is -0.385 e. The number of halogens is 1. The van der Waals surface area contributed by atoms with Crippen molar-refractivity contribution in [1.29, 1.82) is 5.41 Å². The molecule has 1 saturated carbocycles. The van der Waals surface area contributed by atoms with Gasteiger partial charge in [0.1, 0.15) is 11.7 Å². The average Bonchev–Trinajstić information content (AvgIpc) is 2.70. The van der Waals surface area contributed by atoms with E-state index in [2.05, 4.69) is 32.8 Å². The Hall–Kier alpha value is -3.49. The smallest absolute Gasteiger partial charge is 0.253 e. The van der Waals surface area contributed by atoms with Crippen LogP contribution in [-0.4, -0.2) is 33.3 Å². The molecule has 1 amide bonds. The van der Waals surface area contributed by atoms with Crippen LogP contribution >= 0.6 is 0 Å². The lowest BCUT2D eigenvalue weighted by molar-refractivity contribution is -0.114. The second kappa shape index (κ2) is 9.34. The highest BCUT2D eigenvalue weighted by atomic mass is 19.1. The van der Waals surface area contributed by atoms with Crippen molar-refractivity contribution in [3.8, 4) is 0 Å². The number of rotatable bonds is 7. The summed E-state index contributed by atoms with van der Waals surface area (Å²) in [6.07, 6.45) is 8.12. The number of carbonyl (C=O) groups excluding carboxylic acids is 1. The molecule has 0 unspecified atom stereocenters. The SMILES string of the molecule is CC1(N/C=C(\C(=N)Nc2ccnc(F)c2)C(N)=O)CCC(Nc2ccccn2)CC1. The lowest BCUT2D eigenvalue weighted by Gasteiger charge is -2.38. The molecule has 0 atom stereocenters. The van der Waals surface area contributed by atoms with Crippen LogP contribution in [0.1, 0.15) is 32.6 Å². The molecule has 2 aromatic rings. The molecule has 0 bridgehead atoms. The Morgan fingerprint density at radius 1 is 1.27 bits per heavy atom. The normalized spacial score (nSPS) is 21.5. The molecular formula is C21H26FN7O. The summed E-state index contributed by atoms with van der Waals surface area (Å²) in [6.45, 7) is 2.08. The maximum absolute atomic E-state index is 13.2. The van der Waals surface area contributed by atoms with Crippen LogP contribution in [0.3, 0.4) is 0 Å². The minimum absolute atomic E-state index is 0.0119. The molecular weight excluding hydrogens is 385 g/mol. The highest BCUT2D eigenvalue weighted by Gasteiger charge is 2.30. The maximum atomic E-state index is 13.2. The fourth-order valence-electron chi connectivity index (χ4n) is 3.41. The standard InChI is InChI=1S/C21H26FN7O/c1-21(8-5-14(6-9-21)28-18-4-2-3-10-26-18)27-13-16(20(24)30)19(23)29-15-7-11-25-17(22)12-15/h2-4,7,10-14,27H,5-6,8-9H2,1H3,(H2,24,30)(H,26,28)(H2,23,25,29)/b16-13+. The number of aromatic nitrogens is 2. The minimum atomic E-state index is -0.747. The zero-order valence-electron chi connectivity index (χ0n) is 16.8. The van der Waals surface area contributed by atoms with E-state index in [9.17, 15) is 9.18 Å². The first kappa shape index (κ1) is 21.2. The summed E-state index contributed by atoms with van der Waals surface area (Å²) in [5.74, 6) is -0.778. The van der Waals surface area contributed by atoms with Gasteiger partial charge in [0.25, 0.3) is 5.91 Å². The Balaban J connectivity index is 1.59. The Kier molecular flexibility index (Phi) is 6.61. The molecule has 1 aliphatic rings. The first-order valence-electron chi connectivity index (χ1n) is 9.77. The average molecular weight is 411 g/mol. The van der Waals surface area contributed by atoms with Gasteiger partial charge in [-0.05, 0) is 50.8 Å². The zero-order chi connectivity index (χ0) is 21.6. The number of pyridine rings is 2. The monoisotopic (exact) mass is 411 g/mol. The van der Waals surface area contributed by atoms with E-state index < -0.39 is 11.9 Å². The Morgan fingerprint density at radius 2 is 2.03 bits per heavy atom. The van der Waals surface area contributed by atoms with E-state index in [1.165, 1.54) is 18.5 Å². The molecule has 3 rings (SSSR count). The molecule has 0 radical (unpaired) electrons. The summed E-state index contributed by atoms with van der Waals surface area (Å²) in [5.41, 5.74) is 5.53. The first-order chi connectivity index (χ1) is 14.3. The molecule has 9 heteroatoms. The summed E-state index contributed by atoms with van der Waals surface area (Å²) < 4.78 is 13.2. The Bertz CT molecular complexity index is 924. The second-order valence-corrected chi connectivity index (χ2v) is 7.63. The van der Waals surface area contributed by atoms with E-state index in [1.54, 1.807) is 6.20 Å². The van der Waals surface area contributed by atoms with Gasteiger partial charge in [0.05, 0.1) is 5.57 Å². The van der Waals surface area contributed by atoms with Gasteiger partial charge in [0, 0.05) is 41.9 Å². The van der Waals surface area contributed by atoms with E-state index in [4.69, 9.17) is 11.1 Å². The summed E-state index contributed by atoms with van der Waals surface area (Å²) in [4.78, 5) is 19.6. The van der Waals surface area contributed by atoms with Gasteiger partial charge in [-0.15, -0.1) is 0 Å². The van der Waals surface area contributed by atoms with Crippen LogP contribution in [0.2, 0.25) is 0 Å². The fourth-order valence-corrected chi connectivity index (χ4v) is 3.41. The summed E-state index contributed by atoms with van der Waals surface area (Å²) in [6, 6.07) is 8.74. The van der Waals surface area contributed by atoms with E-state index in [0.29, 0.717) is 11.7 Å². The van der Waals surface area contributed by atoms with Crippen molar-refractivity contribution < 1.29 is 9.18 Å². The largest absolute Gasteiger partial charge is 0.385 e. The van der Waals surface area contributed by atoms with Crippen LogP contribution in [0.4, 0.5) is 15.9 Å². The van der Waals surface area contributed by atoms with Gasteiger partial charge in [-0.3, -0.25) is 10.2 Å². The third-order valence-corrected chi connectivity index (χ3v) is 5.20. The van der Waals surface area contributed by atoms with Crippen molar-refractivity contribution in [1.82, 2.24) is 15.3 Å². The second-order valence-electron chi connectivity index (χ2n) is 7.63. The number of nitrogens with zero attached hydrogens (tertiary/aromatic N) is 2. The van der Waals surface area contributed by atoms with E-state index >= 15 is 0 Å². The molecule has 1 aliphatic carbocycles. The number of carbonyl (C=O) groups is 1. The van der Waals surface area contributed by atoms with Crippen molar-refractivity contribution in [3.63, 3.8) is 0 Å². The number of anilines is 2. The Morgan fingerprint density at radius 3 is 2.67 bits per heavy atom. The fraction of sp³-hybridized carbons (Fsp3) is 0.333. The van der Waals surface area contributed by atoms with Crippen LogP contribution in [0.5, 0.6) is 0 Å². The van der Waals surface area contributed by atoms with Crippen molar-refractivity contribution in [3.05, 3.63) is 60.4 Å². The number of amides is 1. The third-order valence-electron chi connectivity index (χ3n) is 5.20. The lowest BCUT2D eigenvalue weighted by Crippen LogP contribution is -2.45. The number of nitrogens with one attached hydrogen (secondary N) is 4. The van der Waals surface area contributed by atoms with Crippen LogP contribution < -0.4 is 21.7 Å². The van der Waals surface area contributed by atoms with E-state index in [-0.39, 0.29) is 16.9 Å². The number of primary amides is 1. The number of nitrogens with two attached hydrogens (primary N) is 1. The molecule has 158 valence electrons. The maximum Gasteiger partial charge on any atom is 0.253 e. The molecule has 30 heavy (non-hydrogen) atoms. The Labute approximate surface area is 174 Å². The number of amidine groups is 1. The van der Waals surface area contributed by atoms with Gasteiger partial charge < -0.3 is 21.7 Å². The van der Waals surface area contributed by atoms with Gasteiger partial charge in [-0.1, -0.05) is 6.07 Å². The summed E-state index contributed by atoms with van der Waals surface area (Å²) >= 11 is 0. The molecule has 6 N–H and O–H groups in total. The van der Waals surface area contributed by atoms with Crippen molar-refractivity contribution in [2.75, 3.05) is 10.6 Å². The van der Waals surface area contributed by atoms with Gasteiger partial charge in [-0.2, -0.15) is 4.39 Å². The molecule has 8 nitrogen and oxygen atoms in total. The third kappa shape index (κ3) is 5.76. The van der Waals surface area contributed by atoms with Gasteiger partial charge in [-0.25, -0.2) is 9.97 Å². The highest BCUT2D eigenvalue weighted by molar-refractivity contribution is 6.23. The number of hydrogen-bond acceptors (Lipinski definition) is 6. The molecule has 1 fully saturated rings. The predicted molar refractivity (Wildman–Crippen MR) is 114 cm³/mol. The summed E-state index contributed by atoms with van der Waals surface area (Å²) in [7, 11) is 0. The molecule has 0 aliphatic heterocycles. The van der Waals surface area contributed by atoms with Gasteiger partial charge in [0.15, 0.2) is 0 Å². The quantitative estimate of drug-likeness (QED) is 0.206. The van der Waals surface area contributed by atoms with Crippen LogP contribution in [-0.2, 0) is 4.79 Å². The molecule has 0 aromatic carbocycles. The molecule has 0 saturated heterocycles. The van der Waals surface area contributed by atoms with Crippen molar-refractivity contribution in [2.45, 2.75) is 44.2 Å². The predicted octanol–water partition coefficient (Wildman–Crippen LogP) is 2.78. The first-order valence-corrected chi connectivity index (χ1v) is 9.77. The molecule has 2 aromatic heterocycles. The topological polar surface area (TPSA) is 129 Å². The van der Waals surface area contributed by atoms with E-state index in [1.807, 2.05) is 18.2 Å². The molecule has 2 heterocycles. The van der Waals surface area contributed by atoms with Crippen molar-refractivity contribution in [2.24, 2.45) is 5.73 Å². The number of hydrogen-bond donors (Lipinski definition) is 5. The zero-order valence-corrected chi connectivity index (χ0v) is 16.8. The van der Waals surface area contributed by atoms with Gasteiger partial charge in [0.2, 0.25) is 5.95 Å².